The largest absolute Gasteiger partial charge is 0.469 e. The molecule has 1 aromatic heterocycles. The van der Waals surface area contributed by atoms with E-state index in [-0.39, 0.29) is 11.9 Å². The van der Waals surface area contributed by atoms with E-state index in [1.165, 1.54) is 7.11 Å². The highest BCUT2D eigenvalue weighted by atomic mass is 16.5. The molecule has 25 heavy (non-hydrogen) atoms. The van der Waals surface area contributed by atoms with Crippen molar-refractivity contribution in [3.8, 4) is 6.07 Å². The van der Waals surface area contributed by atoms with Gasteiger partial charge in [-0.3, -0.25) is 4.79 Å². The molecule has 1 aromatic carbocycles. The minimum atomic E-state index is -0.387. The maximum absolute atomic E-state index is 12.1. The molecule has 2 aromatic rings. The van der Waals surface area contributed by atoms with E-state index in [1.807, 2.05) is 45.0 Å². The van der Waals surface area contributed by atoms with E-state index in [4.69, 9.17) is 4.74 Å². The fraction of sp³-hybridized carbons (Fsp3) is 0.368. The highest BCUT2D eigenvalue weighted by molar-refractivity contribution is 5.73. The number of hydrogen-bond donors (Lipinski definition) is 1. The number of nitrogens with one attached hydrogen (secondary N) is 1. The monoisotopic (exact) mass is 338 g/mol. The average Bonchev–Trinajstić information content (AvgIpc) is 2.60. The van der Waals surface area contributed by atoms with Gasteiger partial charge in [-0.2, -0.15) is 10.4 Å². The minimum Gasteiger partial charge on any atom is -0.469 e. The summed E-state index contributed by atoms with van der Waals surface area (Å²) in [5.74, 6) is -0.296. The molecule has 0 bridgehead atoms. The van der Waals surface area contributed by atoms with Gasteiger partial charge in [-0.05, 0) is 38.3 Å². The van der Waals surface area contributed by atoms with Crippen molar-refractivity contribution in [3.63, 3.8) is 0 Å². The number of esters is 1. The molecule has 0 saturated heterocycles. The van der Waals surface area contributed by atoms with E-state index < -0.39 is 0 Å². The zero-order valence-corrected chi connectivity index (χ0v) is 15.0. The van der Waals surface area contributed by atoms with Crippen molar-refractivity contribution in [1.82, 2.24) is 10.2 Å². The van der Waals surface area contributed by atoms with E-state index in [2.05, 4.69) is 21.6 Å². The maximum Gasteiger partial charge on any atom is 0.310 e. The molecule has 0 saturated carbocycles. The molecule has 1 unspecified atom stereocenters. The first kappa shape index (κ1) is 18.4. The molecule has 6 heteroatoms. The van der Waals surface area contributed by atoms with Gasteiger partial charge in [0.05, 0.1) is 18.7 Å². The molecule has 0 radical (unpaired) electrons. The van der Waals surface area contributed by atoms with Gasteiger partial charge in [-0.15, -0.1) is 5.10 Å². The molecule has 130 valence electrons. The number of anilines is 1. The summed E-state index contributed by atoms with van der Waals surface area (Å²) in [5, 5.41) is 20.5. The summed E-state index contributed by atoms with van der Waals surface area (Å²) in [6.45, 7) is 5.96. The lowest BCUT2D eigenvalue weighted by molar-refractivity contribution is -0.144. The fourth-order valence-electron chi connectivity index (χ4n) is 2.62. The molecule has 1 N–H and O–H groups in total. The normalized spacial score (nSPS) is 11.5. The van der Waals surface area contributed by atoms with E-state index in [0.29, 0.717) is 30.0 Å². The van der Waals surface area contributed by atoms with Gasteiger partial charge < -0.3 is 10.1 Å². The molecule has 1 atom stereocenters. The highest BCUT2D eigenvalue weighted by Gasteiger charge is 2.21. The summed E-state index contributed by atoms with van der Waals surface area (Å²) in [7, 11) is 1.38. The summed E-state index contributed by atoms with van der Waals surface area (Å²) in [5.41, 5.74) is 4.15. The Kier molecular flexibility index (Phi) is 6.07. The Bertz CT molecular complexity index is 812. The van der Waals surface area contributed by atoms with Gasteiger partial charge in [-0.25, -0.2) is 0 Å². The number of benzene rings is 1. The smallest absolute Gasteiger partial charge is 0.310 e. The van der Waals surface area contributed by atoms with Gasteiger partial charge >= 0.3 is 5.97 Å². The number of aromatic nitrogens is 2. The lowest BCUT2D eigenvalue weighted by atomic mass is 9.98. The SMILES string of the molecule is COC(=O)C(CNc1nnc(C)c(C)c1C#N)Cc1cccc(C)c1. The molecule has 0 aliphatic carbocycles. The molecule has 0 aliphatic heterocycles. The number of carbonyl (C=O) groups is 1. The number of nitrogens with zero attached hydrogens (tertiary/aromatic N) is 3. The van der Waals surface area contributed by atoms with Crippen molar-refractivity contribution < 1.29 is 9.53 Å². The molecule has 0 spiro atoms. The van der Waals surface area contributed by atoms with Crippen LogP contribution in [0.4, 0.5) is 5.82 Å². The van der Waals surface area contributed by atoms with Crippen LogP contribution in [0.25, 0.3) is 0 Å². The Morgan fingerprint density at radius 1 is 1.32 bits per heavy atom. The second kappa shape index (κ2) is 8.25. The van der Waals surface area contributed by atoms with Crippen molar-refractivity contribution in [3.05, 3.63) is 52.2 Å². The van der Waals surface area contributed by atoms with Crippen molar-refractivity contribution >= 4 is 11.8 Å². The van der Waals surface area contributed by atoms with Gasteiger partial charge in [0.1, 0.15) is 11.6 Å². The fourth-order valence-corrected chi connectivity index (χ4v) is 2.62. The van der Waals surface area contributed by atoms with E-state index in [9.17, 15) is 10.1 Å². The average molecular weight is 338 g/mol. The van der Waals surface area contributed by atoms with Gasteiger partial charge in [0.25, 0.3) is 0 Å². The summed E-state index contributed by atoms with van der Waals surface area (Å²) >= 11 is 0. The first-order chi connectivity index (χ1) is 12.0. The zero-order chi connectivity index (χ0) is 18.4. The van der Waals surface area contributed by atoms with Crippen molar-refractivity contribution in [1.29, 1.82) is 5.26 Å². The summed E-state index contributed by atoms with van der Waals surface area (Å²) in [6.07, 6.45) is 0.543. The molecular formula is C19H22N4O2. The first-order valence-corrected chi connectivity index (χ1v) is 8.07. The quantitative estimate of drug-likeness (QED) is 0.815. The summed E-state index contributed by atoms with van der Waals surface area (Å²) in [4.78, 5) is 12.1. The number of ether oxygens (including phenoxy) is 1. The van der Waals surface area contributed by atoms with Crippen LogP contribution in [0.15, 0.2) is 24.3 Å². The van der Waals surface area contributed by atoms with Gasteiger partial charge in [0.2, 0.25) is 0 Å². The third-order valence-corrected chi connectivity index (χ3v) is 4.18. The van der Waals surface area contributed by atoms with Crippen molar-refractivity contribution in [2.24, 2.45) is 5.92 Å². The lowest BCUT2D eigenvalue weighted by Gasteiger charge is -2.17. The van der Waals surface area contributed by atoms with Crippen LogP contribution in [-0.2, 0) is 16.0 Å². The Morgan fingerprint density at radius 3 is 2.72 bits per heavy atom. The number of hydrogen-bond acceptors (Lipinski definition) is 6. The molecular weight excluding hydrogens is 316 g/mol. The van der Waals surface area contributed by atoms with Crippen LogP contribution in [0.3, 0.4) is 0 Å². The Morgan fingerprint density at radius 2 is 2.08 bits per heavy atom. The van der Waals surface area contributed by atoms with Gasteiger partial charge in [0, 0.05) is 6.54 Å². The van der Waals surface area contributed by atoms with Crippen LogP contribution >= 0.6 is 0 Å². The van der Waals surface area contributed by atoms with Crippen LogP contribution in [-0.4, -0.2) is 29.8 Å². The standard InChI is InChI=1S/C19H22N4O2/c1-12-6-5-7-15(8-12)9-16(19(24)25-4)11-21-18-17(10-20)13(2)14(3)22-23-18/h5-8,16H,9,11H2,1-4H3,(H,21,23). The maximum atomic E-state index is 12.1. The lowest BCUT2D eigenvalue weighted by Crippen LogP contribution is -2.27. The molecule has 6 nitrogen and oxygen atoms in total. The topological polar surface area (TPSA) is 87.9 Å². The predicted molar refractivity (Wildman–Crippen MR) is 95.1 cm³/mol. The van der Waals surface area contributed by atoms with Crippen molar-refractivity contribution in [2.45, 2.75) is 27.2 Å². The zero-order valence-electron chi connectivity index (χ0n) is 15.0. The Hall–Kier alpha value is -2.94. The molecule has 1 heterocycles. The van der Waals surface area contributed by atoms with E-state index >= 15 is 0 Å². The van der Waals surface area contributed by atoms with Gasteiger partial charge in [0.15, 0.2) is 5.82 Å². The molecule has 2 rings (SSSR count). The first-order valence-electron chi connectivity index (χ1n) is 8.07. The van der Waals surface area contributed by atoms with Crippen LogP contribution < -0.4 is 5.32 Å². The Labute approximate surface area is 147 Å². The number of methoxy groups -OCH3 is 1. The number of carbonyl (C=O) groups excluding carboxylic acids is 1. The molecule has 0 aliphatic rings. The van der Waals surface area contributed by atoms with Crippen LogP contribution in [0, 0.1) is 38.0 Å². The minimum absolute atomic E-state index is 0.302. The van der Waals surface area contributed by atoms with E-state index in [0.717, 1.165) is 16.7 Å². The number of nitriles is 1. The second-order valence-corrected chi connectivity index (χ2v) is 6.04. The van der Waals surface area contributed by atoms with Gasteiger partial charge in [-0.1, -0.05) is 29.8 Å². The van der Waals surface area contributed by atoms with E-state index in [1.54, 1.807) is 0 Å². The number of rotatable bonds is 6. The van der Waals surface area contributed by atoms with Crippen molar-refractivity contribution in [2.75, 3.05) is 19.0 Å². The highest BCUT2D eigenvalue weighted by Crippen LogP contribution is 2.19. The third-order valence-electron chi connectivity index (χ3n) is 4.18. The summed E-state index contributed by atoms with van der Waals surface area (Å²) < 4.78 is 4.92. The Balaban J connectivity index is 2.17. The second-order valence-electron chi connectivity index (χ2n) is 6.04. The van der Waals surface area contributed by atoms with Crippen LogP contribution in [0.2, 0.25) is 0 Å². The summed E-state index contributed by atoms with van der Waals surface area (Å²) in [6, 6.07) is 10.2. The van der Waals surface area contributed by atoms with Crippen LogP contribution in [0.5, 0.6) is 0 Å². The third kappa shape index (κ3) is 4.54. The number of aryl methyl sites for hydroxylation is 2. The predicted octanol–water partition coefficient (Wildman–Crippen LogP) is 2.72. The molecule has 0 fully saturated rings. The molecule has 0 amide bonds. The van der Waals surface area contributed by atoms with Crippen LogP contribution in [0.1, 0.15) is 27.9 Å².